The number of carbonyl (C=O) groups is 1. The quantitative estimate of drug-likeness (QED) is 0.892. The van der Waals surface area contributed by atoms with Gasteiger partial charge in [0, 0.05) is 12.6 Å². The monoisotopic (exact) mass is 326 g/mol. The lowest BCUT2D eigenvalue weighted by atomic mass is 9.68. The van der Waals surface area contributed by atoms with Gasteiger partial charge < -0.3 is 10.6 Å². The molecule has 2 aliphatic carbocycles. The molecule has 3 aliphatic rings. The van der Waals surface area contributed by atoms with E-state index in [0.717, 1.165) is 38.3 Å². The summed E-state index contributed by atoms with van der Waals surface area (Å²) in [5.41, 5.74) is 1.15. The van der Waals surface area contributed by atoms with Gasteiger partial charge in [-0.3, -0.25) is 4.79 Å². The fourth-order valence-electron chi connectivity index (χ4n) is 5.47. The van der Waals surface area contributed by atoms with E-state index in [1.807, 2.05) is 0 Å². The predicted molar refractivity (Wildman–Crippen MR) is 96.6 cm³/mol. The maximum Gasteiger partial charge on any atom is 0.227 e. The molecule has 3 heteroatoms. The normalized spacial score (nSPS) is 38.2. The van der Waals surface area contributed by atoms with Crippen LogP contribution < -0.4 is 10.6 Å². The van der Waals surface area contributed by atoms with Crippen molar-refractivity contribution in [2.45, 2.75) is 51.5 Å². The lowest BCUT2D eigenvalue weighted by Crippen LogP contribution is -2.55. The minimum Gasteiger partial charge on any atom is -0.351 e. The van der Waals surface area contributed by atoms with Gasteiger partial charge in [-0.05, 0) is 62.0 Å². The van der Waals surface area contributed by atoms with Gasteiger partial charge in [-0.1, -0.05) is 43.7 Å². The van der Waals surface area contributed by atoms with Crippen LogP contribution in [0.15, 0.2) is 30.3 Å². The van der Waals surface area contributed by atoms with Crippen LogP contribution in [-0.2, 0) is 11.2 Å². The first-order chi connectivity index (χ1) is 11.7. The lowest BCUT2D eigenvalue weighted by Gasteiger charge is -2.39. The Labute approximate surface area is 145 Å². The number of hydrogen-bond acceptors (Lipinski definition) is 2. The summed E-state index contributed by atoms with van der Waals surface area (Å²) < 4.78 is 0. The molecule has 1 amide bonds. The zero-order valence-corrected chi connectivity index (χ0v) is 14.8. The number of carbonyl (C=O) groups excluding carboxylic acids is 1. The van der Waals surface area contributed by atoms with E-state index in [1.54, 1.807) is 0 Å². The minimum atomic E-state index is -0.165. The van der Waals surface area contributed by atoms with Crippen molar-refractivity contribution in [3.63, 3.8) is 0 Å². The summed E-state index contributed by atoms with van der Waals surface area (Å²) in [5.74, 6) is 2.25. The van der Waals surface area contributed by atoms with E-state index < -0.39 is 0 Å². The summed E-state index contributed by atoms with van der Waals surface area (Å²) in [6.07, 6.45) is 6.99. The molecule has 3 nitrogen and oxygen atoms in total. The average Bonchev–Trinajstić information content (AvgIpc) is 3.19. The molecule has 4 rings (SSSR count). The van der Waals surface area contributed by atoms with Crippen molar-refractivity contribution in [1.82, 2.24) is 10.6 Å². The summed E-state index contributed by atoms with van der Waals surface area (Å²) in [7, 11) is 0. The molecule has 0 aromatic heterocycles. The first-order valence-electron chi connectivity index (χ1n) is 9.73. The Morgan fingerprint density at radius 3 is 2.75 bits per heavy atom. The van der Waals surface area contributed by atoms with Crippen molar-refractivity contribution >= 4 is 5.91 Å². The van der Waals surface area contributed by atoms with Crippen LogP contribution in [0, 0.1) is 23.2 Å². The Bertz CT molecular complexity index is 587. The van der Waals surface area contributed by atoms with Gasteiger partial charge in [0.15, 0.2) is 0 Å². The molecule has 1 saturated heterocycles. The highest BCUT2D eigenvalue weighted by Crippen LogP contribution is 2.57. The third-order valence-electron chi connectivity index (χ3n) is 6.93. The Kier molecular flexibility index (Phi) is 4.38. The van der Waals surface area contributed by atoms with E-state index in [4.69, 9.17) is 0 Å². The van der Waals surface area contributed by atoms with E-state index in [1.165, 1.54) is 24.8 Å². The minimum absolute atomic E-state index is 0.165. The second-order valence-corrected chi connectivity index (χ2v) is 8.45. The number of hydrogen-bond donors (Lipinski definition) is 2. The lowest BCUT2D eigenvalue weighted by molar-refractivity contribution is -0.135. The fourth-order valence-corrected chi connectivity index (χ4v) is 5.47. The topological polar surface area (TPSA) is 41.1 Å². The number of nitrogens with one attached hydrogen (secondary N) is 2. The van der Waals surface area contributed by atoms with Crippen molar-refractivity contribution < 1.29 is 4.79 Å². The summed E-state index contributed by atoms with van der Waals surface area (Å²) in [6, 6.07) is 10.9. The summed E-state index contributed by atoms with van der Waals surface area (Å²) in [5, 5.41) is 6.90. The van der Waals surface area contributed by atoms with E-state index in [-0.39, 0.29) is 11.5 Å². The third kappa shape index (κ3) is 2.88. The molecular formula is C21H30N2O. The fraction of sp³-hybridized carbons (Fsp3) is 0.667. The molecule has 0 radical (unpaired) electrons. The summed E-state index contributed by atoms with van der Waals surface area (Å²) in [6.45, 7) is 4.27. The summed E-state index contributed by atoms with van der Waals surface area (Å²) >= 11 is 0. The number of amides is 1. The highest BCUT2D eigenvalue weighted by Gasteiger charge is 2.55. The van der Waals surface area contributed by atoms with Gasteiger partial charge in [-0.25, -0.2) is 0 Å². The van der Waals surface area contributed by atoms with Crippen LogP contribution in [0.3, 0.4) is 0 Å². The molecule has 1 aliphatic heterocycles. The van der Waals surface area contributed by atoms with Crippen LogP contribution in [0.1, 0.15) is 44.6 Å². The smallest absolute Gasteiger partial charge is 0.227 e. The first-order valence-corrected chi connectivity index (χ1v) is 9.73. The van der Waals surface area contributed by atoms with Crippen LogP contribution in [0.5, 0.6) is 0 Å². The van der Waals surface area contributed by atoms with Gasteiger partial charge >= 0.3 is 0 Å². The molecule has 0 spiro atoms. The van der Waals surface area contributed by atoms with Crippen LogP contribution >= 0.6 is 0 Å². The molecule has 3 fully saturated rings. The molecule has 1 heterocycles. The van der Waals surface area contributed by atoms with Crippen molar-refractivity contribution in [3.8, 4) is 0 Å². The van der Waals surface area contributed by atoms with Crippen molar-refractivity contribution in [2.24, 2.45) is 23.2 Å². The van der Waals surface area contributed by atoms with Crippen LogP contribution in [0.4, 0.5) is 0 Å². The maximum absolute atomic E-state index is 13.4. The molecule has 1 aromatic carbocycles. The Morgan fingerprint density at radius 2 is 2.08 bits per heavy atom. The highest BCUT2D eigenvalue weighted by atomic mass is 16.2. The second-order valence-electron chi connectivity index (χ2n) is 8.45. The molecule has 2 N–H and O–H groups in total. The first kappa shape index (κ1) is 16.1. The largest absolute Gasteiger partial charge is 0.351 e. The molecule has 130 valence electrons. The van der Waals surface area contributed by atoms with Crippen LogP contribution in [0.25, 0.3) is 0 Å². The molecule has 5 unspecified atom stereocenters. The molecule has 2 saturated carbocycles. The Morgan fingerprint density at radius 1 is 1.25 bits per heavy atom. The number of piperidine rings is 1. The molecular weight excluding hydrogens is 296 g/mol. The predicted octanol–water partition coefficient (Wildman–Crippen LogP) is 3.15. The maximum atomic E-state index is 13.4. The van der Waals surface area contributed by atoms with Gasteiger partial charge in [0.1, 0.15) is 0 Å². The average molecular weight is 326 g/mol. The van der Waals surface area contributed by atoms with E-state index in [2.05, 4.69) is 47.9 Å². The molecule has 24 heavy (non-hydrogen) atoms. The van der Waals surface area contributed by atoms with Gasteiger partial charge in [0.2, 0.25) is 5.91 Å². The van der Waals surface area contributed by atoms with E-state index in [0.29, 0.717) is 17.7 Å². The Hall–Kier alpha value is -1.35. The second kappa shape index (κ2) is 6.51. The number of fused-ring (bicyclic) bond motifs is 2. The third-order valence-corrected chi connectivity index (χ3v) is 6.93. The van der Waals surface area contributed by atoms with Gasteiger partial charge in [-0.15, -0.1) is 0 Å². The van der Waals surface area contributed by atoms with Crippen LogP contribution in [0.2, 0.25) is 0 Å². The SMILES string of the molecule is CC1CCNCC1NC(=O)C1(Cc2ccccc2)CC2CCC1C2. The van der Waals surface area contributed by atoms with Crippen molar-refractivity contribution in [2.75, 3.05) is 13.1 Å². The Balaban J connectivity index is 1.55. The van der Waals surface area contributed by atoms with Crippen molar-refractivity contribution in [3.05, 3.63) is 35.9 Å². The van der Waals surface area contributed by atoms with Gasteiger partial charge in [-0.2, -0.15) is 0 Å². The number of benzene rings is 1. The zero-order valence-electron chi connectivity index (χ0n) is 14.8. The standard InChI is InChI=1S/C21H30N2O/c1-15-9-10-22-14-19(15)23-20(24)21(12-16-5-3-2-4-6-16)13-17-7-8-18(21)11-17/h2-6,15,17-19,22H,7-14H2,1H3,(H,23,24). The van der Waals surface area contributed by atoms with E-state index >= 15 is 0 Å². The van der Waals surface area contributed by atoms with Crippen molar-refractivity contribution in [1.29, 1.82) is 0 Å². The summed E-state index contributed by atoms with van der Waals surface area (Å²) in [4.78, 5) is 13.4. The van der Waals surface area contributed by atoms with Gasteiger partial charge in [0.25, 0.3) is 0 Å². The molecule has 5 atom stereocenters. The van der Waals surface area contributed by atoms with E-state index in [9.17, 15) is 4.79 Å². The zero-order chi connectivity index (χ0) is 16.6. The van der Waals surface area contributed by atoms with Crippen LogP contribution in [-0.4, -0.2) is 25.0 Å². The highest BCUT2D eigenvalue weighted by molar-refractivity contribution is 5.84. The van der Waals surface area contributed by atoms with Gasteiger partial charge in [0.05, 0.1) is 5.41 Å². The molecule has 2 bridgehead atoms. The molecule has 1 aromatic rings. The number of rotatable bonds is 4.